The maximum atomic E-state index is 10.1. The van der Waals surface area contributed by atoms with Crippen LogP contribution in [0, 0.1) is 0 Å². The highest BCUT2D eigenvalue weighted by Crippen LogP contribution is 2.24. The van der Waals surface area contributed by atoms with Crippen molar-refractivity contribution in [3.05, 3.63) is 29.8 Å². The van der Waals surface area contributed by atoms with E-state index in [4.69, 9.17) is 9.47 Å². The summed E-state index contributed by atoms with van der Waals surface area (Å²) in [6.45, 7) is 4.57. The third kappa shape index (κ3) is 5.04. The van der Waals surface area contributed by atoms with E-state index in [9.17, 15) is 5.11 Å². The molecule has 4 heteroatoms. The van der Waals surface area contributed by atoms with Gasteiger partial charge >= 0.3 is 0 Å². The van der Waals surface area contributed by atoms with Gasteiger partial charge in [-0.05, 0) is 19.0 Å². The summed E-state index contributed by atoms with van der Waals surface area (Å²) in [6, 6.07) is 7.56. The van der Waals surface area contributed by atoms with E-state index < -0.39 is 6.10 Å². The smallest absolute Gasteiger partial charge is 0.125 e. The molecule has 0 spiro atoms. The van der Waals surface area contributed by atoms with Crippen LogP contribution in [-0.2, 0) is 4.74 Å². The van der Waals surface area contributed by atoms with Crippen LogP contribution < -0.4 is 10.1 Å². The monoisotopic (exact) mass is 253 g/mol. The highest BCUT2D eigenvalue weighted by Gasteiger charge is 2.12. The van der Waals surface area contributed by atoms with Crippen LogP contribution in [0.5, 0.6) is 5.75 Å². The molecule has 0 amide bonds. The number of hydrogen-bond acceptors (Lipinski definition) is 4. The molecule has 1 unspecified atom stereocenters. The Kier molecular flexibility index (Phi) is 7.41. The summed E-state index contributed by atoms with van der Waals surface area (Å²) in [7, 11) is 1.64. The molecule has 0 saturated heterocycles. The first-order valence-electron chi connectivity index (χ1n) is 6.39. The molecular formula is C14H23NO3. The molecule has 2 N–H and O–H groups in total. The second-order valence-corrected chi connectivity index (χ2v) is 4.10. The van der Waals surface area contributed by atoms with Gasteiger partial charge in [-0.2, -0.15) is 0 Å². The van der Waals surface area contributed by atoms with Gasteiger partial charge < -0.3 is 19.9 Å². The molecule has 0 aliphatic rings. The van der Waals surface area contributed by atoms with Crippen molar-refractivity contribution in [1.29, 1.82) is 0 Å². The lowest BCUT2D eigenvalue weighted by molar-refractivity contribution is 0.138. The van der Waals surface area contributed by atoms with Gasteiger partial charge in [-0.25, -0.2) is 0 Å². The number of aliphatic hydroxyl groups excluding tert-OH is 1. The van der Waals surface area contributed by atoms with E-state index in [0.717, 1.165) is 24.3 Å². The zero-order chi connectivity index (χ0) is 13.2. The Morgan fingerprint density at radius 1 is 1.28 bits per heavy atom. The Morgan fingerprint density at radius 2 is 2.06 bits per heavy atom. The molecule has 0 heterocycles. The highest BCUT2D eigenvalue weighted by atomic mass is 16.5. The average Bonchev–Trinajstić information content (AvgIpc) is 2.40. The lowest BCUT2D eigenvalue weighted by Gasteiger charge is -2.16. The fraction of sp³-hybridized carbons (Fsp3) is 0.571. The number of para-hydroxylation sites is 1. The van der Waals surface area contributed by atoms with E-state index >= 15 is 0 Å². The first-order valence-corrected chi connectivity index (χ1v) is 6.39. The molecule has 4 nitrogen and oxygen atoms in total. The highest BCUT2D eigenvalue weighted by molar-refractivity contribution is 5.35. The predicted octanol–water partition coefficient (Wildman–Crippen LogP) is 1.74. The molecule has 0 radical (unpaired) electrons. The molecule has 102 valence electrons. The molecule has 0 aliphatic heterocycles. The zero-order valence-electron chi connectivity index (χ0n) is 11.2. The first kappa shape index (κ1) is 15.0. The van der Waals surface area contributed by atoms with Crippen LogP contribution in [-0.4, -0.2) is 38.5 Å². The van der Waals surface area contributed by atoms with Crippen LogP contribution in [0.2, 0.25) is 0 Å². The minimum absolute atomic E-state index is 0.489. The second-order valence-electron chi connectivity index (χ2n) is 4.10. The molecule has 1 rings (SSSR count). The van der Waals surface area contributed by atoms with Gasteiger partial charge in [0.15, 0.2) is 0 Å². The van der Waals surface area contributed by atoms with Crippen molar-refractivity contribution in [2.24, 2.45) is 0 Å². The van der Waals surface area contributed by atoms with E-state index in [-0.39, 0.29) is 0 Å². The van der Waals surface area contributed by atoms with Crippen LogP contribution in [0.25, 0.3) is 0 Å². The van der Waals surface area contributed by atoms with Gasteiger partial charge in [-0.1, -0.05) is 25.1 Å². The summed E-state index contributed by atoms with van der Waals surface area (Å²) in [4.78, 5) is 0. The number of nitrogens with one attached hydrogen (secondary N) is 1. The molecule has 1 aromatic rings. The van der Waals surface area contributed by atoms with Gasteiger partial charge in [0, 0.05) is 19.2 Å². The van der Waals surface area contributed by atoms with Crippen LogP contribution in [0.4, 0.5) is 0 Å². The third-order valence-corrected chi connectivity index (χ3v) is 2.59. The summed E-state index contributed by atoms with van der Waals surface area (Å²) in [5, 5.41) is 13.3. The minimum Gasteiger partial charge on any atom is -0.491 e. The SMILES string of the molecule is CCCNCC(O)c1ccccc1OCCOC. The number of ether oxygens (including phenoxy) is 2. The predicted molar refractivity (Wildman–Crippen MR) is 71.9 cm³/mol. The van der Waals surface area contributed by atoms with E-state index in [1.807, 2.05) is 24.3 Å². The molecule has 18 heavy (non-hydrogen) atoms. The Morgan fingerprint density at radius 3 is 2.78 bits per heavy atom. The average molecular weight is 253 g/mol. The molecule has 1 aromatic carbocycles. The van der Waals surface area contributed by atoms with Crippen molar-refractivity contribution < 1.29 is 14.6 Å². The number of benzene rings is 1. The summed E-state index contributed by atoms with van der Waals surface area (Å²) in [6.07, 6.45) is 0.508. The standard InChI is InChI=1S/C14H23NO3/c1-3-8-15-11-13(16)12-6-4-5-7-14(12)18-10-9-17-2/h4-7,13,15-16H,3,8-11H2,1-2H3. The van der Waals surface area contributed by atoms with Crippen molar-refractivity contribution in [1.82, 2.24) is 5.32 Å². The normalized spacial score (nSPS) is 12.4. The summed E-state index contributed by atoms with van der Waals surface area (Å²) in [5.41, 5.74) is 0.817. The molecular weight excluding hydrogens is 230 g/mol. The molecule has 0 saturated carbocycles. The number of rotatable bonds is 9. The Bertz CT molecular complexity index is 331. The molecule has 0 bridgehead atoms. The van der Waals surface area contributed by atoms with Crippen molar-refractivity contribution in [3.63, 3.8) is 0 Å². The van der Waals surface area contributed by atoms with Gasteiger partial charge in [0.25, 0.3) is 0 Å². The molecule has 0 fully saturated rings. The number of aliphatic hydroxyl groups is 1. The van der Waals surface area contributed by atoms with Crippen molar-refractivity contribution in [2.75, 3.05) is 33.4 Å². The molecule has 0 aliphatic carbocycles. The van der Waals surface area contributed by atoms with Gasteiger partial charge in [0.05, 0.1) is 12.7 Å². The van der Waals surface area contributed by atoms with Crippen LogP contribution in [0.1, 0.15) is 25.0 Å². The van der Waals surface area contributed by atoms with Crippen LogP contribution in [0.3, 0.4) is 0 Å². The Hall–Kier alpha value is -1.10. The fourth-order valence-corrected chi connectivity index (χ4v) is 1.65. The van der Waals surface area contributed by atoms with Gasteiger partial charge in [-0.3, -0.25) is 0 Å². The maximum Gasteiger partial charge on any atom is 0.125 e. The molecule has 1 atom stereocenters. The Labute approximate surface area is 109 Å². The van der Waals surface area contributed by atoms with E-state index in [2.05, 4.69) is 12.2 Å². The van der Waals surface area contributed by atoms with Crippen LogP contribution in [0.15, 0.2) is 24.3 Å². The third-order valence-electron chi connectivity index (χ3n) is 2.59. The first-order chi connectivity index (χ1) is 8.79. The topological polar surface area (TPSA) is 50.7 Å². The summed E-state index contributed by atoms with van der Waals surface area (Å²) >= 11 is 0. The minimum atomic E-state index is -0.546. The van der Waals surface area contributed by atoms with E-state index in [0.29, 0.717) is 19.8 Å². The van der Waals surface area contributed by atoms with Gasteiger partial charge in [0.2, 0.25) is 0 Å². The maximum absolute atomic E-state index is 10.1. The number of hydrogen-bond donors (Lipinski definition) is 2. The fourth-order valence-electron chi connectivity index (χ4n) is 1.65. The summed E-state index contributed by atoms with van der Waals surface area (Å²) < 4.78 is 10.5. The molecule has 0 aromatic heterocycles. The zero-order valence-corrected chi connectivity index (χ0v) is 11.2. The Balaban J connectivity index is 2.56. The van der Waals surface area contributed by atoms with Crippen molar-refractivity contribution in [2.45, 2.75) is 19.4 Å². The van der Waals surface area contributed by atoms with Crippen molar-refractivity contribution >= 4 is 0 Å². The lowest BCUT2D eigenvalue weighted by Crippen LogP contribution is -2.22. The largest absolute Gasteiger partial charge is 0.491 e. The lowest BCUT2D eigenvalue weighted by atomic mass is 10.1. The van der Waals surface area contributed by atoms with Crippen molar-refractivity contribution in [3.8, 4) is 5.75 Å². The van der Waals surface area contributed by atoms with E-state index in [1.54, 1.807) is 7.11 Å². The quantitative estimate of drug-likeness (QED) is 0.658. The van der Waals surface area contributed by atoms with Gasteiger partial charge in [0.1, 0.15) is 12.4 Å². The van der Waals surface area contributed by atoms with Crippen LogP contribution >= 0.6 is 0 Å². The number of methoxy groups -OCH3 is 1. The summed E-state index contributed by atoms with van der Waals surface area (Å²) in [5.74, 6) is 0.723. The second kappa shape index (κ2) is 8.91. The van der Waals surface area contributed by atoms with E-state index in [1.165, 1.54) is 0 Å². The van der Waals surface area contributed by atoms with Gasteiger partial charge in [-0.15, -0.1) is 0 Å².